The van der Waals surface area contributed by atoms with Gasteiger partial charge in [0.05, 0.1) is 11.6 Å². The topological polar surface area (TPSA) is 98.5 Å². The van der Waals surface area contributed by atoms with E-state index in [9.17, 15) is 4.79 Å². The number of fused-ring (bicyclic) bond motifs is 1. The minimum absolute atomic E-state index is 0.00691. The molecule has 1 atom stereocenters. The average molecular weight is 369 g/mol. The molecule has 3 aromatic heterocycles. The van der Waals surface area contributed by atoms with Crippen molar-refractivity contribution in [1.29, 1.82) is 0 Å². The lowest BCUT2D eigenvalue weighted by Gasteiger charge is -2.13. The molecule has 0 bridgehead atoms. The second-order valence-corrected chi connectivity index (χ2v) is 7.09. The summed E-state index contributed by atoms with van der Waals surface area (Å²) in [5.74, 6) is 0.400. The minimum atomic E-state index is -0.268. The number of pyridine rings is 1. The van der Waals surface area contributed by atoms with Crippen molar-refractivity contribution in [2.24, 2.45) is 0 Å². The maximum atomic E-state index is 12.6. The van der Waals surface area contributed by atoms with Gasteiger partial charge in [-0.15, -0.1) is 16.4 Å². The SMILES string of the molecule is O=C(NCCc1csc(-c2ccncc2)n1)C1CCCCn2nnnc21. The Balaban J connectivity index is 1.34. The number of tetrazole rings is 1. The summed E-state index contributed by atoms with van der Waals surface area (Å²) in [5.41, 5.74) is 2.04. The largest absolute Gasteiger partial charge is 0.355 e. The predicted octanol–water partition coefficient (Wildman–Crippen LogP) is 1.82. The third kappa shape index (κ3) is 3.62. The Morgan fingerprint density at radius 2 is 2.19 bits per heavy atom. The molecule has 0 radical (unpaired) electrons. The lowest BCUT2D eigenvalue weighted by atomic mass is 10.0. The van der Waals surface area contributed by atoms with Crippen molar-refractivity contribution < 1.29 is 4.79 Å². The fraction of sp³-hybridized carbons (Fsp3) is 0.412. The Hall–Kier alpha value is -2.68. The summed E-state index contributed by atoms with van der Waals surface area (Å²) in [7, 11) is 0. The highest BCUT2D eigenvalue weighted by Gasteiger charge is 2.28. The second-order valence-electron chi connectivity index (χ2n) is 6.23. The van der Waals surface area contributed by atoms with Gasteiger partial charge in [-0.2, -0.15) is 0 Å². The van der Waals surface area contributed by atoms with Gasteiger partial charge in [-0.05, 0) is 35.4 Å². The molecular weight excluding hydrogens is 350 g/mol. The van der Waals surface area contributed by atoms with Crippen LogP contribution in [0.2, 0.25) is 0 Å². The lowest BCUT2D eigenvalue weighted by Crippen LogP contribution is -2.32. The lowest BCUT2D eigenvalue weighted by molar-refractivity contribution is -0.122. The summed E-state index contributed by atoms with van der Waals surface area (Å²) < 4.78 is 1.75. The van der Waals surface area contributed by atoms with Gasteiger partial charge in [0.25, 0.3) is 0 Å². The number of rotatable bonds is 5. The first-order chi connectivity index (χ1) is 12.8. The van der Waals surface area contributed by atoms with Gasteiger partial charge in [0, 0.05) is 42.8 Å². The molecule has 3 aromatic rings. The number of nitrogens with zero attached hydrogens (tertiary/aromatic N) is 6. The highest BCUT2D eigenvalue weighted by molar-refractivity contribution is 7.13. The van der Waals surface area contributed by atoms with E-state index in [1.165, 1.54) is 0 Å². The van der Waals surface area contributed by atoms with Crippen molar-refractivity contribution in [2.75, 3.05) is 6.54 Å². The molecule has 134 valence electrons. The molecule has 1 unspecified atom stereocenters. The summed E-state index contributed by atoms with van der Waals surface area (Å²) >= 11 is 1.60. The van der Waals surface area contributed by atoms with Gasteiger partial charge in [-0.3, -0.25) is 9.78 Å². The number of carbonyl (C=O) groups excluding carboxylic acids is 1. The van der Waals surface area contributed by atoms with Gasteiger partial charge in [0.1, 0.15) is 5.01 Å². The first-order valence-corrected chi connectivity index (χ1v) is 9.58. The number of hydrogen-bond donors (Lipinski definition) is 1. The predicted molar refractivity (Wildman–Crippen MR) is 96.5 cm³/mol. The fourth-order valence-corrected chi connectivity index (χ4v) is 3.95. The van der Waals surface area contributed by atoms with Gasteiger partial charge in [-0.1, -0.05) is 6.42 Å². The van der Waals surface area contributed by atoms with Gasteiger partial charge in [-0.25, -0.2) is 9.67 Å². The van der Waals surface area contributed by atoms with E-state index < -0.39 is 0 Å². The number of thiazole rings is 1. The van der Waals surface area contributed by atoms with Crippen LogP contribution in [0.5, 0.6) is 0 Å². The van der Waals surface area contributed by atoms with Crippen LogP contribution in [0, 0.1) is 0 Å². The van der Waals surface area contributed by atoms with Crippen LogP contribution in [-0.2, 0) is 17.8 Å². The highest BCUT2D eigenvalue weighted by Crippen LogP contribution is 2.24. The molecule has 0 fully saturated rings. The van der Waals surface area contributed by atoms with Crippen LogP contribution in [0.15, 0.2) is 29.9 Å². The molecule has 0 saturated heterocycles. The van der Waals surface area contributed by atoms with E-state index in [0.29, 0.717) is 18.8 Å². The number of nitrogens with one attached hydrogen (secondary N) is 1. The molecule has 4 heterocycles. The van der Waals surface area contributed by atoms with Crippen LogP contribution >= 0.6 is 11.3 Å². The molecule has 26 heavy (non-hydrogen) atoms. The van der Waals surface area contributed by atoms with Gasteiger partial charge >= 0.3 is 0 Å². The molecular formula is C17H19N7OS. The maximum Gasteiger partial charge on any atom is 0.230 e. The smallest absolute Gasteiger partial charge is 0.230 e. The van der Waals surface area contributed by atoms with Crippen molar-refractivity contribution in [3.63, 3.8) is 0 Å². The van der Waals surface area contributed by atoms with E-state index in [1.54, 1.807) is 28.4 Å². The monoisotopic (exact) mass is 369 g/mol. The Labute approximate surface area is 154 Å². The normalized spacial score (nSPS) is 16.7. The van der Waals surface area contributed by atoms with Gasteiger partial charge in [0.2, 0.25) is 5.91 Å². The van der Waals surface area contributed by atoms with Crippen LogP contribution < -0.4 is 5.32 Å². The van der Waals surface area contributed by atoms with Crippen molar-refractivity contribution >= 4 is 17.2 Å². The van der Waals surface area contributed by atoms with Crippen molar-refractivity contribution in [3.05, 3.63) is 41.4 Å². The average Bonchev–Trinajstić information content (AvgIpc) is 3.28. The zero-order valence-electron chi connectivity index (χ0n) is 14.2. The molecule has 1 aliphatic rings. The summed E-state index contributed by atoms with van der Waals surface area (Å²) in [6.07, 6.45) is 7.00. The first-order valence-electron chi connectivity index (χ1n) is 8.70. The Morgan fingerprint density at radius 1 is 1.31 bits per heavy atom. The molecule has 0 saturated carbocycles. The molecule has 0 spiro atoms. The van der Waals surface area contributed by atoms with E-state index in [1.807, 2.05) is 17.5 Å². The molecule has 1 amide bonds. The minimum Gasteiger partial charge on any atom is -0.355 e. The zero-order chi connectivity index (χ0) is 17.8. The summed E-state index contributed by atoms with van der Waals surface area (Å²) in [4.78, 5) is 21.2. The van der Waals surface area contributed by atoms with Crippen molar-refractivity contribution in [1.82, 2.24) is 35.5 Å². The molecule has 4 rings (SSSR count). The van der Waals surface area contributed by atoms with E-state index in [2.05, 4.69) is 30.8 Å². The second kappa shape index (κ2) is 7.69. The number of hydrogen-bond acceptors (Lipinski definition) is 7. The summed E-state index contributed by atoms with van der Waals surface area (Å²) in [6, 6.07) is 3.89. The third-order valence-corrected chi connectivity index (χ3v) is 5.40. The standard InChI is InChI=1S/C17H19N7OS/c25-16(14-3-1-2-10-24-15(14)21-22-23-24)19-9-6-13-11-26-17(20-13)12-4-7-18-8-5-12/h4-5,7-8,11,14H,1-3,6,9-10H2,(H,19,25). The Bertz CT molecular complexity index is 876. The van der Waals surface area contributed by atoms with Crippen LogP contribution in [0.1, 0.15) is 36.7 Å². The summed E-state index contributed by atoms with van der Waals surface area (Å²) in [5, 5.41) is 17.7. The first kappa shape index (κ1) is 16.8. The van der Waals surface area contributed by atoms with E-state index in [0.717, 1.165) is 42.1 Å². The molecule has 8 nitrogen and oxygen atoms in total. The Kier molecular flexibility index (Phi) is 4.96. The molecule has 1 aliphatic heterocycles. The Morgan fingerprint density at radius 3 is 3.08 bits per heavy atom. The van der Waals surface area contributed by atoms with Crippen molar-refractivity contribution in [3.8, 4) is 10.6 Å². The van der Waals surface area contributed by atoms with Gasteiger partial charge < -0.3 is 5.32 Å². The van der Waals surface area contributed by atoms with E-state index in [4.69, 9.17) is 0 Å². The van der Waals surface area contributed by atoms with E-state index >= 15 is 0 Å². The molecule has 9 heteroatoms. The highest BCUT2D eigenvalue weighted by atomic mass is 32.1. The quantitative estimate of drug-likeness (QED) is 0.736. The molecule has 0 aliphatic carbocycles. The zero-order valence-corrected chi connectivity index (χ0v) is 15.0. The van der Waals surface area contributed by atoms with Crippen LogP contribution in [0.3, 0.4) is 0 Å². The van der Waals surface area contributed by atoms with Crippen LogP contribution in [0.4, 0.5) is 0 Å². The fourth-order valence-electron chi connectivity index (χ4n) is 3.09. The summed E-state index contributed by atoms with van der Waals surface area (Å²) in [6.45, 7) is 1.33. The van der Waals surface area contributed by atoms with E-state index in [-0.39, 0.29) is 11.8 Å². The van der Waals surface area contributed by atoms with Crippen molar-refractivity contribution in [2.45, 2.75) is 38.1 Å². The number of aromatic nitrogens is 6. The van der Waals surface area contributed by atoms with Crippen LogP contribution in [0.25, 0.3) is 10.6 Å². The number of amides is 1. The number of carbonyl (C=O) groups is 1. The van der Waals surface area contributed by atoms with Gasteiger partial charge in [0.15, 0.2) is 5.82 Å². The van der Waals surface area contributed by atoms with Crippen LogP contribution in [-0.4, -0.2) is 42.6 Å². The third-order valence-electron chi connectivity index (χ3n) is 4.46. The number of aryl methyl sites for hydroxylation is 1. The maximum absolute atomic E-state index is 12.6. The molecule has 1 N–H and O–H groups in total. The molecule has 0 aromatic carbocycles.